The van der Waals surface area contributed by atoms with Crippen LogP contribution < -0.4 is 20.4 Å². The SMILES string of the molecule is Cc1cnc(N2CCN(c3ncnc(Nc4cnn(C[C@@H]5CNCCO5)c4)n3)CC2)nc1. The van der Waals surface area contributed by atoms with E-state index in [0.717, 1.165) is 63.1 Å². The second-order valence-electron chi connectivity index (χ2n) is 7.92. The normalized spacial score (nSPS) is 19.2. The summed E-state index contributed by atoms with van der Waals surface area (Å²) < 4.78 is 7.61. The Balaban J connectivity index is 1.18. The number of aryl methyl sites for hydroxylation is 1. The molecule has 0 unspecified atom stereocenters. The first-order valence-corrected chi connectivity index (χ1v) is 10.8. The second kappa shape index (κ2) is 9.40. The minimum atomic E-state index is 0.129. The molecule has 2 aliphatic heterocycles. The number of piperazine rings is 1. The Kier molecular flexibility index (Phi) is 6.03. The maximum atomic E-state index is 5.74. The molecule has 12 nitrogen and oxygen atoms in total. The van der Waals surface area contributed by atoms with Gasteiger partial charge in [-0.1, -0.05) is 0 Å². The fourth-order valence-corrected chi connectivity index (χ4v) is 3.76. The average molecular weight is 438 g/mol. The molecule has 12 heteroatoms. The lowest BCUT2D eigenvalue weighted by molar-refractivity contribution is 0.0161. The van der Waals surface area contributed by atoms with E-state index in [9.17, 15) is 0 Å². The van der Waals surface area contributed by atoms with Gasteiger partial charge in [0.2, 0.25) is 17.8 Å². The molecule has 0 aromatic carbocycles. The third kappa shape index (κ3) is 4.92. The quantitative estimate of drug-likeness (QED) is 0.551. The van der Waals surface area contributed by atoms with Gasteiger partial charge in [-0.3, -0.25) is 4.68 Å². The van der Waals surface area contributed by atoms with Gasteiger partial charge in [0.25, 0.3) is 0 Å². The molecule has 0 radical (unpaired) electrons. The Hall–Kier alpha value is -3.38. The molecule has 0 bridgehead atoms. The van der Waals surface area contributed by atoms with Crippen LogP contribution >= 0.6 is 0 Å². The Labute approximate surface area is 186 Å². The third-order valence-electron chi connectivity index (χ3n) is 5.46. The number of ether oxygens (including phenoxy) is 1. The van der Waals surface area contributed by atoms with Gasteiger partial charge < -0.3 is 25.2 Å². The van der Waals surface area contributed by atoms with Crippen molar-refractivity contribution in [3.63, 3.8) is 0 Å². The molecule has 3 aromatic heterocycles. The summed E-state index contributed by atoms with van der Waals surface area (Å²) in [6.45, 7) is 8.35. The van der Waals surface area contributed by atoms with Crippen LogP contribution in [0.1, 0.15) is 5.56 Å². The van der Waals surface area contributed by atoms with Crippen molar-refractivity contribution >= 4 is 23.5 Å². The van der Waals surface area contributed by atoms with Crippen LogP contribution in [0.4, 0.5) is 23.5 Å². The maximum Gasteiger partial charge on any atom is 0.232 e. The van der Waals surface area contributed by atoms with Gasteiger partial charge in [-0.2, -0.15) is 10.1 Å². The Morgan fingerprint density at radius 1 is 1.03 bits per heavy atom. The predicted octanol–water partition coefficient (Wildman–Crippen LogP) is 0.225. The fourth-order valence-electron chi connectivity index (χ4n) is 3.76. The predicted molar refractivity (Wildman–Crippen MR) is 119 cm³/mol. The van der Waals surface area contributed by atoms with E-state index in [0.29, 0.717) is 18.4 Å². The highest BCUT2D eigenvalue weighted by Gasteiger charge is 2.21. The number of nitrogens with zero attached hydrogens (tertiary/aromatic N) is 9. The number of hydrogen-bond donors (Lipinski definition) is 2. The first-order valence-electron chi connectivity index (χ1n) is 10.8. The fraction of sp³-hybridized carbons (Fsp3) is 0.500. The lowest BCUT2D eigenvalue weighted by Gasteiger charge is -2.34. The van der Waals surface area contributed by atoms with Crippen LogP contribution in [0.25, 0.3) is 0 Å². The summed E-state index contributed by atoms with van der Waals surface area (Å²) in [6, 6.07) is 0. The van der Waals surface area contributed by atoms with E-state index in [-0.39, 0.29) is 6.10 Å². The molecule has 0 spiro atoms. The summed E-state index contributed by atoms with van der Waals surface area (Å²) in [6.07, 6.45) is 9.05. The topological polar surface area (TPSA) is 122 Å². The van der Waals surface area contributed by atoms with Crippen molar-refractivity contribution in [2.45, 2.75) is 19.6 Å². The van der Waals surface area contributed by atoms with Crippen LogP contribution in [0.5, 0.6) is 0 Å². The van der Waals surface area contributed by atoms with Crippen molar-refractivity contribution in [2.75, 3.05) is 61.0 Å². The van der Waals surface area contributed by atoms with E-state index in [4.69, 9.17) is 4.74 Å². The van der Waals surface area contributed by atoms with Crippen molar-refractivity contribution < 1.29 is 4.74 Å². The molecule has 2 saturated heterocycles. The van der Waals surface area contributed by atoms with E-state index in [1.807, 2.05) is 30.2 Å². The number of morpholine rings is 1. The van der Waals surface area contributed by atoms with Crippen LogP contribution in [-0.4, -0.2) is 86.7 Å². The second-order valence-corrected chi connectivity index (χ2v) is 7.92. The smallest absolute Gasteiger partial charge is 0.232 e. The third-order valence-corrected chi connectivity index (χ3v) is 5.46. The first kappa shape index (κ1) is 20.5. The van der Waals surface area contributed by atoms with Crippen LogP contribution in [0.15, 0.2) is 31.1 Å². The monoisotopic (exact) mass is 437 g/mol. The van der Waals surface area contributed by atoms with Crippen LogP contribution in [0, 0.1) is 6.92 Å². The summed E-state index contributed by atoms with van der Waals surface area (Å²) >= 11 is 0. The Bertz CT molecular complexity index is 1010. The highest BCUT2D eigenvalue weighted by atomic mass is 16.5. The molecule has 32 heavy (non-hydrogen) atoms. The standard InChI is InChI=1S/C20H27N11O/c1-15-8-22-19(23-9-15)29-3-5-30(6-4-29)20-25-14-24-18(28-20)27-16-10-26-31(12-16)13-17-11-21-2-7-32-17/h8-10,12,14,17,21H,2-7,11,13H2,1H3,(H,24,25,27,28)/t17-/m0/s1. The van der Waals surface area contributed by atoms with Gasteiger partial charge in [0.15, 0.2) is 0 Å². The van der Waals surface area contributed by atoms with E-state index in [1.54, 1.807) is 6.20 Å². The van der Waals surface area contributed by atoms with E-state index in [1.165, 1.54) is 6.33 Å². The summed E-state index contributed by atoms with van der Waals surface area (Å²) in [4.78, 5) is 26.4. The molecule has 5 heterocycles. The lowest BCUT2D eigenvalue weighted by Crippen LogP contribution is -2.47. The minimum Gasteiger partial charge on any atom is -0.374 e. The number of nitrogens with one attached hydrogen (secondary N) is 2. The summed E-state index contributed by atoms with van der Waals surface area (Å²) in [5, 5.41) is 11.0. The van der Waals surface area contributed by atoms with E-state index in [2.05, 4.69) is 50.5 Å². The Morgan fingerprint density at radius 3 is 2.56 bits per heavy atom. The largest absolute Gasteiger partial charge is 0.374 e. The zero-order valence-electron chi connectivity index (χ0n) is 18.1. The minimum absolute atomic E-state index is 0.129. The average Bonchev–Trinajstić information content (AvgIpc) is 3.27. The molecule has 1 atom stereocenters. The number of rotatable bonds is 6. The van der Waals surface area contributed by atoms with Gasteiger partial charge in [-0.25, -0.2) is 19.9 Å². The highest BCUT2D eigenvalue weighted by molar-refractivity contribution is 5.51. The maximum absolute atomic E-state index is 5.74. The molecule has 0 amide bonds. The van der Waals surface area contributed by atoms with Gasteiger partial charge in [-0.15, -0.1) is 0 Å². The number of hydrogen-bond acceptors (Lipinski definition) is 11. The molecule has 2 aliphatic rings. The highest BCUT2D eigenvalue weighted by Crippen LogP contribution is 2.17. The zero-order valence-corrected chi connectivity index (χ0v) is 18.1. The summed E-state index contributed by atoms with van der Waals surface area (Å²) in [5.41, 5.74) is 1.88. The lowest BCUT2D eigenvalue weighted by atomic mass is 10.3. The van der Waals surface area contributed by atoms with Gasteiger partial charge >= 0.3 is 0 Å². The van der Waals surface area contributed by atoms with Gasteiger partial charge in [0.05, 0.1) is 31.1 Å². The molecule has 2 N–H and O–H groups in total. The van der Waals surface area contributed by atoms with Crippen molar-refractivity contribution in [1.82, 2.24) is 40.0 Å². The van der Waals surface area contributed by atoms with Crippen LogP contribution in [0.3, 0.4) is 0 Å². The van der Waals surface area contributed by atoms with Gasteiger partial charge in [0, 0.05) is 57.9 Å². The zero-order chi connectivity index (χ0) is 21.8. The molecule has 0 aliphatic carbocycles. The van der Waals surface area contributed by atoms with Crippen LogP contribution in [0.2, 0.25) is 0 Å². The van der Waals surface area contributed by atoms with Crippen molar-refractivity contribution in [3.8, 4) is 0 Å². The molecule has 168 valence electrons. The van der Waals surface area contributed by atoms with Crippen molar-refractivity contribution in [2.24, 2.45) is 0 Å². The molecule has 3 aromatic rings. The van der Waals surface area contributed by atoms with Gasteiger partial charge in [-0.05, 0) is 12.5 Å². The van der Waals surface area contributed by atoms with E-state index < -0.39 is 0 Å². The molecular formula is C20H27N11O. The van der Waals surface area contributed by atoms with Gasteiger partial charge in [0.1, 0.15) is 6.33 Å². The summed E-state index contributed by atoms with van der Waals surface area (Å²) in [5.74, 6) is 1.91. The van der Waals surface area contributed by atoms with Crippen molar-refractivity contribution in [1.29, 1.82) is 0 Å². The first-order chi connectivity index (χ1) is 15.7. The number of aromatic nitrogens is 7. The number of anilines is 4. The molecular weight excluding hydrogens is 410 g/mol. The molecule has 0 saturated carbocycles. The van der Waals surface area contributed by atoms with E-state index >= 15 is 0 Å². The summed E-state index contributed by atoms with van der Waals surface area (Å²) in [7, 11) is 0. The van der Waals surface area contributed by atoms with Crippen molar-refractivity contribution in [3.05, 3.63) is 36.7 Å². The molecule has 2 fully saturated rings. The Morgan fingerprint density at radius 2 is 1.81 bits per heavy atom. The molecule has 5 rings (SSSR count). The van der Waals surface area contributed by atoms with Crippen LogP contribution in [-0.2, 0) is 11.3 Å².